The maximum Gasteiger partial charge on any atom is 0.289 e. The molecule has 1 N–H and O–H groups in total. The molecule has 0 saturated carbocycles. The third-order valence-electron chi connectivity index (χ3n) is 4.62. The number of hydrogen-bond donors (Lipinski definition) is 1. The highest BCUT2D eigenvalue weighted by Gasteiger charge is 2.17. The number of nitro groups is 1. The monoisotopic (exact) mass is 623 g/mol. The molecule has 0 aliphatic heterocycles. The minimum atomic E-state index is -0.735. The van der Waals surface area contributed by atoms with Crippen molar-refractivity contribution in [2.45, 2.75) is 6.61 Å². The largest absolute Gasteiger partial charge is 0.493 e. The van der Waals surface area contributed by atoms with Crippen molar-refractivity contribution < 1.29 is 19.2 Å². The van der Waals surface area contributed by atoms with Gasteiger partial charge in [-0.05, 0) is 76.2 Å². The summed E-state index contributed by atoms with van der Waals surface area (Å²) in [5.41, 5.74) is 1.00. The number of ether oxygens (including phenoxy) is 2. The summed E-state index contributed by atoms with van der Waals surface area (Å²) < 4.78 is 12.1. The molecule has 11 heteroatoms. The summed E-state index contributed by atoms with van der Waals surface area (Å²) in [5, 5.41) is 23.6. The van der Waals surface area contributed by atoms with E-state index in [4.69, 9.17) is 32.7 Å². The lowest BCUT2D eigenvalue weighted by atomic mass is 10.1. The van der Waals surface area contributed by atoms with E-state index in [9.17, 15) is 20.2 Å². The fourth-order valence-electron chi connectivity index (χ4n) is 2.94. The number of nitrogens with zero attached hydrogens (tertiary/aromatic N) is 2. The zero-order chi connectivity index (χ0) is 25.5. The van der Waals surface area contributed by atoms with Crippen LogP contribution in [-0.2, 0) is 11.4 Å². The Morgan fingerprint density at radius 3 is 2.54 bits per heavy atom. The molecular formula is C24H16Cl2IN3O5. The number of nitriles is 1. The first-order valence-electron chi connectivity index (χ1n) is 9.83. The molecule has 0 spiro atoms. The number of carbonyl (C=O) groups is 1. The van der Waals surface area contributed by atoms with Crippen molar-refractivity contribution in [3.05, 3.63) is 95.0 Å². The number of halogens is 3. The van der Waals surface area contributed by atoms with Crippen molar-refractivity contribution in [1.29, 1.82) is 5.26 Å². The Kier molecular flexibility index (Phi) is 8.92. The third-order valence-corrected chi connectivity index (χ3v) is 6.00. The maximum absolute atomic E-state index is 12.6. The molecule has 0 radical (unpaired) electrons. The molecule has 8 nitrogen and oxygen atoms in total. The Balaban J connectivity index is 1.82. The molecule has 1 amide bonds. The van der Waals surface area contributed by atoms with E-state index in [-0.39, 0.29) is 28.6 Å². The predicted molar refractivity (Wildman–Crippen MR) is 142 cm³/mol. The van der Waals surface area contributed by atoms with Crippen LogP contribution in [0.4, 0.5) is 11.4 Å². The quantitative estimate of drug-likeness (QED) is 0.0989. The lowest BCUT2D eigenvalue weighted by Gasteiger charge is -2.14. The zero-order valence-corrected chi connectivity index (χ0v) is 21.7. The number of methoxy groups -OCH3 is 1. The van der Waals surface area contributed by atoms with Crippen LogP contribution in [0.2, 0.25) is 10.0 Å². The van der Waals surface area contributed by atoms with E-state index in [1.165, 1.54) is 25.3 Å². The fourth-order valence-corrected chi connectivity index (χ4v) is 4.04. The standard InChI is InChI=1S/C24H16Cl2IN3O5/c1-34-22-10-15(9-20(27)23(22)35-13-14-2-4-17(25)5-3-14)8-16(12-28)24(31)29-18-6-7-19(26)21(11-18)30(32)33/h2-11H,13H2,1H3,(H,29,31)/b16-8+. The zero-order valence-electron chi connectivity index (χ0n) is 18.1. The number of rotatable bonds is 8. The highest BCUT2D eigenvalue weighted by molar-refractivity contribution is 14.1. The first-order chi connectivity index (χ1) is 16.7. The first-order valence-corrected chi connectivity index (χ1v) is 11.7. The minimum Gasteiger partial charge on any atom is -0.493 e. The minimum absolute atomic E-state index is 0.0657. The maximum atomic E-state index is 12.6. The van der Waals surface area contributed by atoms with Gasteiger partial charge in [-0.25, -0.2) is 0 Å². The molecule has 0 unspecified atom stereocenters. The fraction of sp³-hybridized carbons (Fsp3) is 0.0833. The Bertz CT molecular complexity index is 1350. The Morgan fingerprint density at radius 1 is 1.20 bits per heavy atom. The summed E-state index contributed by atoms with van der Waals surface area (Å²) in [7, 11) is 1.49. The molecule has 3 rings (SSSR count). The van der Waals surface area contributed by atoms with Crippen LogP contribution in [0.3, 0.4) is 0 Å². The van der Waals surface area contributed by atoms with Crippen LogP contribution < -0.4 is 14.8 Å². The number of benzene rings is 3. The lowest BCUT2D eigenvalue weighted by molar-refractivity contribution is -0.384. The summed E-state index contributed by atoms with van der Waals surface area (Å²) in [6.45, 7) is 0.289. The van der Waals surface area contributed by atoms with E-state index in [0.29, 0.717) is 25.7 Å². The average molecular weight is 624 g/mol. The molecule has 178 valence electrons. The molecule has 0 aromatic heterocycles. The number of nitro benzene ring substituents is 1. The molecule has 3 aromatic carbocycles. The highest BCUT2D eigenvalue weighted by Crippen LogP contribution is 2.35. The lowest BCUT2D eigenvalue weighted by Crippen LogP contribution is -2.13. The van der Waals surface area contributed by atoms with E-state index in [0.717, 1.165) is 11.6 Å². The van der Waals surface area contributed by atoms with E-state index < -0.39 is 10.8 Å². The van der Waals surface area contributed by atoms with Crippen LogP contribution in [0.5, 0.6) is 11.5 Å². The van der Waals surface area contributed by atoms with Crippen LogP contribution in [0.1, 0.15) is 11.1 Å². The Labute approximate surface area is 224 Å². The molecule has 0 aliphatic rings. The highest BCUT2D eigenvalue weighted by atomic mass is 127. The number of nitrogens with one attached hydrogen (secondary N) is 1. The molecule has 3 aromatic rings. The van der Waals surface area contributed by atoms with Gasteiger partial charge >= 0.3 is 0 Å². The molecule has 0 atom stereocenters. The van der Waals surface area contributed by atoms with Crippen molar-refractivity contribution in [2.75, 3.05) is 12.4 Å². The van der Waals surface area contributed by atoms with Crippen molar-refractivity contribution in [2.24, 2.45) is 0 Å². The molecule has 0 aliphatic carbocycles. The number of carbonyl (C=O) groups excluding carboxylic acids is 1. The molecule has 35 heavy (non-hydrogen) atoms. The second-order valence-corrected chi connectivity index (χ2v) is 9.00. The van der Waals surface area contributed by atoms with Crippen molar-refractivity contribution in [1.82, 2.24) is 0 Å². The van der Waals surface area contributed by atoms with Crippen LogP contribution >= 0.6 is 45.8 Å². The van der Waals surface area contributed by atoms with Gasteiger partial charge in [0.2, 0.25) is 0 Å². The van der Waals surface area contributed by atoms with Gasteiger partial charge in [-0.3, -0.25) is 14.9 Å². The van der Waals surface area contributed by atoms with Gasteiger partial charge in [0.1, 0.15) is 23.3 Å². The third kappa shape index (κ3) is 6.85. The SMILES string of the molecule is COc1cc(/C=C(\C#N)C(=O)Nc2ccc(Cl)c([N+](=O)[O-])c2)cc(I)c1OCc1ccc(Cl)cc1. The van der Waals surface area contributed by atoms with Gasteiger partial charge in [-0.2, -0.15) is 5.26 Å². The molecule has 0 heterocycles. The number of amides is 1. The van der Waals surface area contributed by atoms with Crippen molar-refractivity contribution in [3.63, 3.8) is 0 Å². The Morgan fingerprint density at radius 2 is 1.91 bits per heavy atom. The topological polar surface area (TPSA) is 114 Å². The van der Waals surface area contributed by atoms with Gasteiger partial charge < -0.3 is 14.8 Å². The van der Waals surface area contributed by atoms with Gasteiger partial charge in [0.15, 0.2) is 11.5 Å². The molecular weight excluding hydrogens is 608 g/mol. The van der Waals surface area contributed by atoms with Crippen LogP contribution in [0.15, 0.2) is 60.2 Å². The van der Waals surface area contributed by atoms with Crippen molar-refractivity contribution in [3.8, 4) is 17.6 Å². The van der Waals surface area contributed by atoms with Crippen LogP contribution in [0, 0.1) is 25.0 Å². The van der Waals surface area contributed by atoms with E-state index in [1.807, 2.05) is 18.2 Å². The summed E-state index contributed by atoms with van der Waals surface area (Å²) in [5.74, 6) is 0.195. The summed E-state index contributed by atoms with van der Waals surface area (Å²) in [6.07, 6.45) is 1.38. The first kappa shape index (κ1) is 26.3. The normalized spacial score (nSPS) is 10.9. The van der Waals surface area contributed by atoms with Gasteiger partial charge in [0.25, 0.3) is 11.6 Å². The average Bonchev–Trinajstić information content (AvgIpc) is 2.83. The molecule has 0 fully saturated rings. The second-order valence-electron chi connectivity index (χ2n) is 7.00. The predicted octanol–water partition coefficient (Wildman–Crippen LogP) is 6.64. The summed E-state index contributed by atoms with van der Waals surface area (Å²) in [4.78, 5) is 23.0. The van der Waals surface area contributed by atoms with E-state index in [1.54, 1.807) is 24.3 Å². The van der Waals surface area contributed by atoms with Gasteiger partial charge in [-0.15, -0.1) is 0 Å². The van der Waals surface area contributed by atoms with Gasteiger partial charge in [0.05, 0.1) is 15.6 Å². The second kappa shape index (κ2) is 11.9. The van der Waals surface area contributed by atoms with E-state index >= 15 is 0 Å². The smallest absolute Gasteiger partial charge is 0.289 e. The molecule has 0 bridgehead atoms. The van der Waals surface area contributed by atoms with Gasteiger partial charge in [-0.1, -0.05) is 35.3 Å². The molecule has 0 saturated heterocycles. The van der Waals surface area contributed by atoms with Crippen molar-refractivity contribution >= 4 is 69.2 Å². The summed E-state index contributed by atoms with van der Waals surface area (Å²) >= 11 is 13.8. The van der Waals surface area contributed by atoms with Crippen LogP contribution in [-0.4, -0.2) is 17.9 Å². The van der Waals surface area contributed by atoms with Crippen LogP contribution in [0.25, 0.3) is 6.08 Å². The number of hydrogen-bond acceptors (Lipinski definition) is 6. The van der Waals surface area contributed by atoms with Gasteiger partial charge in [0, 0.05) is 16.8 Å². The summed E-state index contributed by atoms with van der Waals surface area (Å²) in [6, 6.07) is 16.3. The Hall–Kier alpha value is -3.33. The number of anilines is 1. The van der Waals surface area contributed by atoms with E-state index in [2.05, 4.69) is 27.9 Å².